The van der Waals surface area contributed by atoms with Crippen LogP contribution in [0, 0.1) is 5.92 Å². The van der Waals surface area contributed by atoms with Crippen LogP contribution in [0.25, 0.3) is 0 Å². The van der Waals surface area contributed by atoms with Crippen molar-refractivity contribution in [2.75, 3.05) is 19.6 Å². The number of likely N-dealkylation sites (tertiary alicyclic amines) is 1. The molecule has 0 aromatic carbocycles. The lowest BCUT2D eigenvalue weighted by Crippen LogP contribution is -2.49. The molecule has 90 valence electrons. The lowest BCUT2D eigenvalue weighted by molar-refractivity contribution is 0.141. The van der Waals surface area contributed by atoms with Gasteiger partial charge in [0.2, 0.25) is 6.39 Å². The van der Waals surface area contributed by atoms with Crippen LogP contribution in [0.4, 0.5) is 0 Å². The molecule has 5 heteroatoms. The molecule has 0 radical (unpaired) electrons. The molecule has 2 rings (SSSR count). The van der Waals surface area contributed by atoms with Gasteiger partial charge in [-0.2, -0.15) is 4.98 Å². The molecule has 0 bridgehead atoms. The van der Waals surface area contributed by atoms with Crippen molar-refractivity contribution in [2.45, 2.75) is 32.2 Å². The van der Waals surface area contributed by atoms with E-state index in [1.54, 1.807) is 0 Å². The van der Waals surface area contributed by atoms with E-state index in [4.69, 9.17) is 10.3 Å². The molecule has 16 heavy (non-hydrogen) atoms. The second-order valence-electron chi connectivity index (χ2n) is 5.11. The van der Waals surface area contributed by atoms with E-state index < -0.39 is 0 Å². The summed E-state index contributed by atoms with van der Waals surface area (Å²) in [6.07, 6.45) is 3.16. The van der Waals surface area contributed by atoms with Gasteiger partial charge in [0.1, 0.15) is 0 Å². The molecule has 2 heterocycles. The average Bonchev–Trinajstić information content (AvgIpc) is 2.75. The molecule has 0 spiro atoms. The summed E-state index contributed by atoms with van der Waals surface area (Å²) >= 11 is 0. The average molecular weight is 224 g/mol. The molecule has 0 amide bonds. The van der Waals surface area contributed by atoms with Gasteiger partial charge < -0.3 is 15.2 Å². The molecular formula is C11H20N4O. The van der Waals surface area contributed by atoms with Crippen LogP contribution in [0.2, 0.25) is 0 Å². The Bertz CT molecular complexity index is 315. The zero-order valence-corrected chi connectivity index (χ0v) is 10.0. The highest BCUT2D eigenvalue weighted by Crippen LogP contribution is 2.27. The second kappa shape index (κ2) is 4.51. The number of nitrogens with zero attached hydrogens (tertiary/aromatic N) is 3. The second-order valence-corrected chi connectivity index (χ2v) is 5.11. The van der Waals surface area contributed by atoms with Crippen LogP contribution in [0.5, 0.6) is 0 Å². The quantitative estimate of drug-likeness (QED) is 0.828. The van der Waals surface area contributed by atoms with E-state index >= 15 is 0 Å². The smallest absolute Gasteiger partial charge is 0.213 e. The van der Waals surface area contributed by atoms with Gasteiger partial charge in [-0.05, 0) is 18.8 Å². The molecule has 2 N–H and O–H groups in total. The highest BCUT2D eigenvalue weighted by Gasteiger charge is 2.35. The Labute approximate surface area is 96.0 Å². The molecule has 1 aromatic heterocycles. The molecule has 0 aliphatic carbocycles. The van der Waals surface area contributed by atoms with E-state index in [1.807, 2.05) is 0 Å². The van der Waals surface area contributed by atoms with Crippen molar-refractivity contribution in [1.82, 2.24) is 15.0 Å². The fourth-order valence-electron chi connectivity index (χ4n) is 2.26. The maximum Gasteiger partial charge on any atom is 0.213 e. The van der Waals surface area contributed by atoms with Gasteiger partial charge in [-0.3, -0.25) is 0 Å². The first-order valence-corrected chi connectivity index (χ1v) is 5.88. The Morgan fingerprint density at radius 1 is 1.50 bits per heavy atom. The van der Waals surface area contributed by atoms with Gasteiger partial charge in [0.05, 0.1) is 5.54 Å². The molecule has 1 aromatic rings. The maximum atomic E-state index is 6.31. The summed E-state index contributed by atoms with van der Waals surface area (Å²) in [5.41, 5.74) is 5.92. The largest absolute Gasteiger partial charge is 0.343 e. The van der Waals surface area contributed by atoms with Gasteiger partial charge >= 0.3 is 0 Å². The van der Waals surface area contributed by atoms with Crippen LogP contribution in [-0.2, 0) is 5.54 Å². The first kappa shape index (κ1) is 11.5. The highest BCUT2D eigenvalue weighted by atomic mass is 16.5. The standard InChI is InChI=1S/C11H20N4O/c1-9(2)7-15-5-3-11(12,4-6-15)10-13-8-16-14-10/h8-9H,3-7,12H2,1-2H3. The van der Waals surface area contributed by atoms with E-state index in [0.29, 0.717) is 11.7 Å². The fraction of sp³-hybridized carbons (Fsp3) is 0.818. The lowest BCUT2D eigenvalue weighted by atomic mass is 9.87. The van der Waals surface area contributed by atoms with Crippen LogP contribution in [-0.4, -0.2) is 34.7 Å². The molecule has 1 aliphatic heterocycles. The number of aromatic nitrogens is 2. The van der Waals surface area contributed by atoms with Crippen molar-refractivity contribution in [3.63, 3.8) is 0 Å². The van der Waals surface area contributed by atoms with Crippen LogP contribution >= 0.6 is 0 Å². The Morgan fingerprint density at radius 3 is 2.69 bits per heavy atom. The van der Waals surface area contributed by atoms with E-state index in [1.165, 1.54) is 6.39 Å². The molecule has 1 aliphatic rings. The van der Waals surface area contributed by atoms with Crippen molar-refractivity contribution >= 4 is 0 Å². The summed E-state index contributed by atoms with van der Waals surface area (Å²) in [6, 6.07) is 0. The number of nitrogens with two attached hydrogens (primary N) is 1. The monoisotopic (exact) mass is 224 g/mol. The molecule has 0 unspecified atom stereocenters. The molecule has 0 saturated carbocycles. The lowest BCUT2D eigenvalue weighted by Gasteiger charge is -2.37. The minimum absolute atomic E-state index is 0.388. The summed E-state index contributed by atoms with van der Waals surface area (Å²) in [4.78, 5) is 6.53. The summed E-state index contributed by atoms with van der Waals surface area (Å²) in [7, 11) is 0. The zero-order chi connectivity index (χ0) is 11.6. The van der Waals surface area contributed by atoms with Gasteiger partial charge in [0.25, 0.3) is 0 Å². The number of hydrogen-bond acceptors (Lipinski definition) is 5. The summed E-state index contributed by atoms with van der Waals surface area (Å²) in [6.45, 7) is 7.65. The predicted molar refractivity (Wildman–Crippen MR) is 60.7 cm³/mol. The third kappa shape index (κ3) is 2.41. The topological polar surface area (TPSA) is 68.2 Å². The Hall–Kier alpha value is -0.940. The normalized spacial score (nSPS) is 21.5. The molecule has 1 saturated heterocycles. The Kier molecular flexibility index (Phi) is 3.25. The Balaban J connectivity index is 1.94. The molecular weight excluding hydrogens is 204 g/mol. The SMILES string of the molecule is CC(C)CN1CCC(N)(c2ncon2)CC1. The predicted octanol–water partition coefficient (Wildman–Crippen LogP) is 0.975. The van der Waals surface area contributed by atoms with Crippen molar-refractivity contribution in [3.8, 4) is 0 Å². The van der Waals surface area contributed by atoms with E-state index in [-0.39, 0.29) is 5.54 Å². The van der Waals surface area contributed by atoms with E-state index in [0.717, 1.165) is 32.5 Å². The summed E-state index contributed by atoms with van der Waals surface area (Å²) in [5, 5.41) is 3.87. The van der Waals surface area contributed by atoms with Crippen molar-refractivity contribution in [3.05, 3.63) is 12.2 Å². The number of rotatable bonds is 3. The van der Waals surface area contributed by atoms with Crippen LogP contribution in [0.3, 0.4) is 0 Å². The highest BCUT2D eigenvalue weighted by molar-refractivity contribution is 5.04. The first-order valence-electron chi connectivity index (χ1n) is 5.88. The minimum atomic E-state index is -0.388. The van der Waals surface area contributed by atoms with Gasteiger partial charge in [0.15, 0.2) is 5.82 Å². The minimum Gasteiger partial charge on any atom is -0.343 e. The molecule has 0 atom stereocenters. The van der Waals surface area contributed by atoms with Gasteiger partial charge in [0, 0.05) is 19.6 Å². The van der Waals surface area contributed by atoms with Crippen LogP contribution in [0.15, 0.2) is 10.9 Å². The third-order valence-corrected chi connectivity index (χ3v) is 3.18. The van der Waals surface area contributed by atoms with Crippen LogP contribution < -0.4 is 5.73 Å². The maximum absolute atomic E-state index is 6.31. The van der Waals surface area contributed by atoms with Crippen molar-refractivity contribution in [1.29, 1.82) is 0 Å². The van der Waals surface area contributed by atoms with Gasteiger partial charge in [-0.1, -0.05) is 19.0 Å². The van der Waals surface area contributed by atoms with Crippen LogP contribution in [0.1, 0.15) is 32.5 Å². The van der Waals surface area contributed by atoms with Crippen molar-refractivity contribution < 1.29 is 4.52 Å². The fourth-order valence-corrected chi connectivity index (χ4v) is 2.26. The van der Waals surface area contributed by atoms with Gasteiger partial charge in [-0.25, -0.2) is 0 Å². The number of piperidine rings is 1. The van der Waals surface area contributed by atoms with E-state index in [2.05, 4.69) is 28.9 Å². The van der Waals surface area contributed by atoms with Crippen molar-refractivity contribution in [2.24, 2.45) is 11.7 Å². The van der Waals surface area contributed by atoms with Gasteiger partial charge in [-0.15, -0.1) is 0 Å². The summed E-state index contributed by atoms with van der Waals surface area (Å²) in [5.74, 6) is 1.35. The zero-order valence-electron chi connectivity index (χ0n) is 10.0. The molecule has 5 nitrogen and oxygen atoms in total. The van der Waals surface area contributed by atoms with E-state index in [9.17, 15) is 0 Å². The summed E-state index contributed by atoms with van der Waals surface area (Å²) < 4.78 is 4.77. The first-order chi connectivity index (χ1) is 7.60. The Morgan fingerprint density at radius 2 is 2.19 bits per heavy atom. The number of hydrogen-bond donors (Lipinski definition) is 1. The molecule has 1 fully saturated rings. The third-order valence-electron chi connectivity index (χ3n) is 3.18.